The molecule has 0 atom stereocenters. The van der Waals surface area contributed by atoms with Crippen LogP contribution in [0.15, 0.2) is 59.1 Å². The Bertz CT molecular complexity index is 1320. The van der Waals surface area contributed by atoms with Crippen molar-refractivity contribution in [2.45, 2.75) is 13.5 Å². The van der Waals surface area contributed by atoms with E-state index in [-0.39, 0.29) is 34.8 Å². The number of nitrogens with zero attached hydrogens (tertiary/aromatic N) is 4. The Balaban J connectivity index is 1.78. The monoisotopic (exact) mass is 420 g/mol. The van der Waals surface area contributed by atoms with Crippen molar-refractivity contribution in [3.05, 3.63) is 87.3 Å². The zero-order chi connectivity index (χ0) is 22.1. The van der Waals surface area contributed by atoms with Gasteiger partial charge in [0.15, 0.2) is 0 Å². The van der Waals surface area contributed by atoms with Crippen molar-refractivity contribution in [1.29, 1.82) is 0 Å². The quantitative estimate of drug-likeness (QED) is 0.347. The van der Waals surface area contributed by atoms with Crippen LogP contribution >= 0.6 is 0 Å². The third-order valence-electron chi connectivity index (χ3n) is 4.94. The fraction of sp³-hybridized carbons (Fsp3) is 0.136. The molecule has 2 aromatic carbocycles. The summed E-state index contributed by atoms with van der Waals surface area (Å²) in [5.74, 6) is -0.910. The zero-order valence-corrected chi connectivity index (χ0v) is 16.7. The number of aromatic nitrogens is 2. The third kappa shape index (κ3) is 3.73. The van der Waals surface area contributed by atoms with E-state index >= 15 is 0 Å². The van der Waals surface area contributed by atoms with Crippen molar-refractivity contribution in [2.75, 3.05) is 7.05 Å². The molecule has 0 radical (unpaired) electrons. The summed E-state index contributed by atoms with van der Waals surface area (Å²) in [5, 5.41) is 15.6. The smallest absolute Gasteiger partial charge is 0.274 e. The second kappa shape index (κ2) is 7.94. The maximum Gasteiger partial charge on any atom is 0.274 e. The number of fused-ring (bicyclic) bond motifs is 1. The minimum absolute atomic E-state index is 0.0131. The third-order valence-corrected chi connectivity index (χ3v) is 4.94. The van der Waals surface area contributed by atoms with E-state index < -0.39 is 16.6 Å². The number of rotatable bonds is 5. The number of nitro benzene ring substituents is 1. The van der Waals surface area contributed by atoms with Gasteiger partial charge in [-0.25, -0.2) is 9.37 Å². The van der Waals surface area contributed by atoms with Crippen LogP contribution < -0.4 is 0 Å². The largest absolute Gasteiger partial charge is 0.337 e. The molecular formula is C22H17FN4O4. The maximum atomic E-state index is 14.3. The first kappa shape index (κ1) is 20.1. The SMILES string of the molecule is Cc1noc2nc(-c3ccccc3F)cc(C(=O)N(C)Cc3ccccc3[N+](=O)[O-])c12. The average molecular weight is 420 g/mol. The molecule has 0 aliphatic heterocycles. The Morgan fingerprint density at radius 2 is 1.90 bits per heavy atom. The molecular weight excluding hydrogens is 403 g/mol. The highest BCUT2D eigenvalue weighted by molar-refractivity contribution is 6.06. The Morgan fingerprint density at radius 1 is 1.19 bits per heavy atom. The van der Waals surface area contributed by atoms with Crippen molar-refractivity contribution >= 4 is 22.7 Å². The number of carbonyl (C=O) groups excluding carboxylic acids is 1. The molecule has 1 amide bonds. The number of halogens is 1. The van der Waals surface area contributed by atoms with Gasteiger partial charge in [-0.15, -0.1) is 0 Å². The molecule has 0 N–H and O–H groups in total. The van der Waals surface area contributed by atoms with Crippen LogP contribution in [0.2, 0.25) is 0 Å². The van der Waals surface area contributed by atoms with E-state index in [1.807, 2.05) is 0 Å². The lowest BCUT2D eigenvalue weighted by atomic mass is 10.0. The molecule has 4 aromatic rings. The summed E-state index contributed by atoms with van der Waals surface area (Å²) >= 11 is 0. The minimum Gasteiger partial charge on any atom is -0.337 e. The maximum absolute atomic E-state index is 14.3. The summed E-state index contributed by atoms with van der Waals surface area (Å²) in [6.07, 6.45) is 0. The number of pyridine rings is 1. The molecule has 0 unspecified atom stereocenters. The van der Waals surface area contributed by atoms with Crippen LogP contribution in [0.25, 0.3) is 22.4 Å². The molecule has 0 saturated carbocycles. The number of para-hydroxylation sites is 1. The second-order valence-corrected chi connectivity index (χ2v) is 7.03. The van der Waals surface area contributed by atoms with Crippen molar-refractivity contribution in [3.63, 3.8) is 0 Å². The fourth-order valence-electron chi connectivity index (χ4n) is 3.43. The number of hydrogen-bond acceptors (Lipinski definition) is 6. The lowest BCUT2D eigenvalue weighted by Crippen LogP contribution is -2.27. The standard InChI is InChI=1S/C22H17FN4O4/c1-13-20-16(22(28)26(2)12-14-7-3-6-10-19(14)27(29)30)11-18(24-21(20)31-25-13)15-8-4-5-9-17(15)23/h3-11H,12H2,1-2H3. The molecule has 2 aromatic heterocycles. The minimum atomic E-state index is -0.489. The van der Waals surface area contributed by atoms with Gasteiger partial charge in [0, 0.05) is 24.2 Å². The van der Waals surface area contributed by atoms with E-state index in [0.717, 1.165) is 0 Å². The van der Waals surface area contributed by atoms with Crippen LogP contribution in [-0.2, 0) is 6.54 Å². The Labute approximate surface area is 176 Å². The second-order valence-electron chi connectivity index (χ2n) is 7.03. The number of nitro groups is 1. The van der Waals surface area contributed by atoms with E-state index in [2.05, 4.69) is 10.1 Å². The van der Waals surface area contributed by atoms with E-state index in [0.29, 0.717) is 16.6 Å². The Kier molecular flexibility index (Phi) is 5.16. The van der Waals surface area contributed by atoms with Crippen LogP contribution in [-0.4, -0.2) is 32.9 Å². The van der Waals surface area contributed by atoms with Gasteiger partial charge in [0.05, 0.1) is 33.8 Å². The Morgan fingerprint density at radius 3 is 2.65 bits per heavy atom. The highest BCUT2D eigenvalue weighted by Crippen LogP contribution is 2.29. The first-order chi connectivity index (χ1) is 14.9. The first-order valence-corrected chi connectivity index (χ1v) is 9.36. The van der Waals surface area contributed by atoms with Crippen LogP contribution in [0.5, 0.6) is 0 Å². The van der Waals surface area contributed by atoms with Crippen LogP contribution in [0.4, 0.5) is 10.1 Å². The summed E-state index contributed by atoms with van der Waals surface area (Å²) < 4.78 is 19.6. The first-order valence-electron chi connectivity index (χ1n) is 9.36. The number of aryl methyl sites for hydroxylation is 1. The molecule has 0 spiro atoms. The summed E-state index contributed by atoms with van der Waals surface area (Å²) in [4.78, 5) is 29.8. The van der Waals surface area contributed by atoms with E-state index in [1.165, 1.54) is 30.1 Å². The summed E-state index contributed by atoms with van der Waals surface area (Å²) in [6, 6.07) is 13.8. The lowest BCUT2D eigenvalue weighted by Gasteiger charge is -2.18. The fourth-order valence-corrected chi connectivity index (χ4v) is 3.43. The number of amides is 1. The zero-order valence-electron chi connectivity index (χ0n) is 16.7. The van der Waals surface area contributed by atoms with Gasteiger partial charge in [-0.05, 0) is 25.1 Å². The van der Waals surface area contributed by atoms with Crippen LogP contribution in [0.1, 0.15) is 21.6 Å². The molecule has 156 valence electrons. The van der Waals surface area contributed by atoms with Gasteiger partial charge >= 0.3 is 0 Å². The van der Waals surface area contributed by atoms with Gasteiger partial charge in [0.1, 0.15) is 5.82 Å². The van der Waals surface area contributed by atoms with Crippen molar-refractivity contribution in [2.24, 2.45) is 0 Å². The predicted octanol–water partition coefficient (Wildman–Crippen LogP) is 4.52. The number of benzene rings is 2. The average Bonchev–Trinajstić information content (AvgIpc) is 3.14. The lowest BCUT2D eigenvalue weighted by molar-refractivity contribution is -0.385. The topological polar surface area (TPSA) is 102 Å². The predicted molar refractivity (Wildman–Crippen MR) is 111 cm³/mol. The molecule has 0 saturated heterocycles. The van der Waals surface area contributed by atoms with E-state index in [4.69, 9.17) is 4.52 Å². The van der Waals surface area contributed by atoms with Gasteiger partial charge in [0.25, 0.3) is 17.3 Å². The normalized spacial score (nSPS) is 10.9. The molecule has 0 aliphatic carbocycles. The molecule has 0 aliphatic rings. The molecule has 9 heteroatoms. The van der Waals surface area contributed by atoms with Crippen molar-refractivity contribution in [3.8, 4) is 11.3 Å². The van der Waals surface area contributed by atoms with Crippen molar-refractivity contribution in [1.82, 2.24) is 15.0 Å². The number of hydrogen-bond donors (Lipinski definition) is 0. The van der Waals surface area contributed by atoms with Gasteiger partial charge in [0.2, 0.25) is 0 Å². The van der Waals surface area contributed by atoms with Gasteiger partial charge in [-0.1, -0.05) is 35.5 Å². The number of carbonyl (C=O) groups is 1. The van der Waals surface area contributed by atoms with Gasteiger partial charge in [-0.2, -0.15) is 0 Å². The molecule has 0 fully saturated rings. The van der Waals surface area contributed by atoms with Gasteiger partial charge in [-0.3, -0.25) is 14.9 Å². The molecule has 4 rings (SSSR count). The highest BCUT2D eigenvalue weighted by Gasteiger charge is 2.24. The van der Waals surface area contributed by atoms with Crippen LogP contribution in [0, 0.1) is 22.9 Å². The summed E-state index contributed by atoms with van der Waals surface area (Å²) in [5.41, 5.74) is 1.56. The van der Waals surface area contributed by atoms with E-state index in [9.17, 15) is 19.3 Å². The molecule has 2 heterocycles. The highest BCUT2D eigenvalue weighted by atomic mass is 19.1. The van der Waals surface area contributed by atoms with Gasteiger partial charge < -0.3 is 9.42 Å². The Hall–Kier alpha value is -4.14. The summed E-state index contributed by atoms with van der Waals surface area (Å²) in [7, 11) is 1.54. The molecule has 31 heavy (non-hydrogen) atoms. The van der Waals surface area contributed by atoms with E-state index in [1.54, 1.807) is 43.3 Å². The van der Waals surface area contributed by atoms with Crippen molar-refractivity contribution < 1.29 is 18.6 Å². The van der Waals surface area contributed by atoms with Crippen LogP contribution in [0.3, 0.4) is 0 Å². The molecule has 8 nitrogen and oxygen atoms in total. The summed E-state index contributed by atoms with van der Waals surface area (Å²) in [6.45, 7) is 1.69. The molecule has 0 bridgehead atoms.